The molecule has 2 aliphatic heterocycles. The molecule has 0 spiro atoms. The third kappa shape index (κ3) is 4.37. The molecular formula is C21H20F2N6O4. The molecule has 2 aliphatic rings. The fourth-order valence-electron chi connectivity index (χ4n) is 3.44. The van der Waals surface area contributed by atoms with E-state index >= 15 is 0 Å². The van der Waals surface area contributed by atoms with Crippen LogP contribution in [0.1, 0.15) is 12.2 Å². The molecule has 1 aromatic heterocycles. The van der Waals surface area contributed by atoms with Gasteiger partial charge in [0.1, 0.15) is 5.75 Å². The number of morpholine rings is 1. The summed E-state index contributed by atoms with van der Waals surface area (Å²) in [5, 5.41) is 4.26. The molecule has 0 atom stereocenters. The Labute approximate surface area is 186 Å². The molecule has 0 saturated carbocycles. The summed E-state index contributed by atoms with van der Waals surface area (Å²) in [5.41, 5.74) is 6.91. The molecule has 1 fully saturated rings. The van der Waals surface area contributed by atoms with Crippen molar-refractivity contribution < 1.29 is 27.7 Å². The third-order valence-electron chi connectivity index (χ3n) is 5.04. The highest BCUT2D eigenvalue weighted by Gasteiger charge is 2.21. The van der Waals surface area contributed by atoms with Crippen LogP contribution in [-0.2, 0) is 4.74 Å². The quantitative estimate of drug-likeness (QED) is 0.475. The van der Waals surface area contributed by atoms with E-state index in [4.69, 9.17) is 24.7 Å². The summed E-state index contributed by atoms with van der Waals surface area (Å²) in [6, 6.07) is 11.3. The second kappa shape index (κ2) is 8.90. The maximum absolute atomic E-state index is 13.7. The zero-order valence-corrected chi connectivity index (χ0v) is 17.4. The Morgan fingerprint density at radius 2 is 1.88 bits per heavy atom. The highest BCUT2D eigenvalue weighted by Crippen LogP contribution is 2.35. The predicted octanol–water partition coefficient (Wildman–Crippen LogP) is 2.55. The van der Waals surface area contributed by atoms with Gasteiger partial charge in [-0.05, 0) is 24.3 Å². The first-order valence-electron chi connectivity index (χ1n) is 10.2. The zero-order valence-electron chi connectivity index (χ0n) is 17.4. The standard InChI is InChI=1S/C21H20F2N6O4/c22-18(23)19-25-14-3-1-2-4-15(14)29(19)27-21(26-20(24)28-7-9-30-10-8-28)33-13-5-6-16-17(11-13)32-12-31-16/h1-6,11,18H,7-10,12H2,(H2,24,26,27). The van der Waals surface area contributed by atoms with Gasteiger partial charge in [0.25, 0.3) is 6.43 Å². The molecule has 2 N–H and O–H groups in total. The van der Waals surface area contributed by atoms with Gasteiger partial charge in [-0.15, -0.1) is 5.10 Å². The minimum atomic E-state index is -2.87. The van der Waals surface area contributed by atoms with Gasteiger partial charge in [0.05, 0.1) is 24.2 Å². The second-order valence-electron chi connectivity index (χ2n) is 7.14. The molecule has 2 aromatic carbocycles. The molecule has 12 heteroatoms. The minimum absolute atomic E-state index is 0.0979. The predicted molar refractivity (Wildman–Crippen MR) is 115 cm³/mol. The van der Waals surface area contributed by atoms with Crippen molar-refractivity contribution in [1.82, 2.24) is 14.6 Å². The Morgan fingerprint density at radius 3 is 2.70 bits per heavy atom. The summed E-state index contributed by atoms with van der Waals surface area (Å²) in [6.07, 6.45) is -2.87. The lowest BCUT2D eigenvalue weighted by Gasteiger charge is -2.27. The van der Waals surface area contributed by atoms with Crippen LogP contribution in [-0.4, -0.2) is 59.6 Å². The number of fused-ring (bicyclic) bond motifs is 2. The number of aliphatic imine (C=N–C) groups is 1. The summed E-state index contributed by atoms with van der Waals surface area (Å²) in [4.78, 5) is 10.1. The van der Waals surface area contributed by atoms with E-state index in [1.165, 1.54) is 0 Å². The number of halogens is 2. The lowest BCUT2D eigenvalue weighted by molar-refractivity contribution is 0.0675. The molecule has 0 bridgehead atoms. The molecule has 0 radical (unpaired) electrons. The number of alkyl halides is 2. The number of amidine groups is 1. The molecule has 3 heterocycles. The number of hydrogen-bond acceptors (Lipinski definition) is 6. The number of rotatable bonds is 3. The van der Waals surface area contributed by atoms with Gasteiger partial charge in [0.2, 0.25) is 12.8 Å². The van der Waals surface area contributed by atoms with Crippen molar-refractivity contribution in [3.8, 4) is 17.2 Å². The van der Waals surface area contributed by atoms with Crippen molar-refractivity contribution >= 4 is 23.0 Å². The highest BCUT2D eigenvalue weighted by atomic mass is 19.3. The van der Waals surface area contributed by atoms with Crippen molar-refractivity contribution in [1.29, 1.82) is 0 Å². The fourth-order valence-corrected chi connectivity index (χ4v) is 3.44. The van der Waals surface area contributed by atoms with Gasteiger partial charge >= 0.3 is 6.02 Å². The van der Waals surface area contributed by atoms with E-state index in [2.05, 4.69) is 15.1 Å². The van der Waals surface area contributed by atoms with Crippen LogP contribution in [0, 0.1) is 0 Å². The topological polar surface area (TPSA) is 109 Å². The molecule has 33 heavy (non-hydrogen) atoms. The number of imidazole rings is 1. The molecule has 0 aliphatic carbocycles. The van der Waals surface area contributed by atoms with Crippen molar-refractivity contribution in [3.05, 3.63) is 48.3 Å². The number of guanidine groups is 1. The van der Waals surface area contributed by atoms with Gasteiger partial charge in [0, 0.05) is 19.2 Å². The Morgan fingerprint density at radius 1 is 1.09 bits per heavy atom. The molecule has 172 valence electrons. The lowest BCUT2D eigenvalue weighted by atomic mass is 10.3. The maximum atomic E-state index is 13.7. The van der Waals surface area contributed by atoms with Gasteiger partial charge in [-0.25, -0.2) is 18.4 Å². The SMILES string of the molecule is NC(=NC(=Nn1c(C(F)F)nc2ccccc21)Oc1ccc2c(c1)OCO2)N1CCOCC1. The maximum Gasteiger partial charge on any atom is 0.343 e. The van der Waals surface area contributed by atoms with E-state index in [1.54, 1.807) is 47.4 Å². The Hall–Kier alpha value is -3.93. The molecule has 1 saturated heterocycles. The molecule has 0 amide bonds. The van der Waals surface area contributed by atoms with Gasteiger partial charge in [-0.3, -0.25) is 0 Å². The minimum Gasteiger partial charge on any atom is -0.454 e. The van der Waals surface area contributed by atoms with E-state index in [9.17, 15) is 8.78 Å². The summed E-state index contributed by atoms with van der Waals surface area (Å²) in [6.45, 7) is 2.15. The van der Waals surface area contributed by atoms with Crippen LogP contribution in [0.5, 0.6) is 17.2 Å². The van der Waals surface area contributed by atoms with E-state index in [-0.39, 0.29) is 18.8 Å². The van der Waals surface area contributed by atoms with Gasteiger partial charge in [-0.1, -0.05) is 12.1 Å². The summed E-state index contributed by atoms with van der Waals surface area (Å²) >= 11 is 0. The number of benzene rings is 2. The normalized spacial score (nSPS) is 16.6. The van der Waals surface area contributed by atoms with Crippen LogP contribution in [0.4, 0.5) is 8.78 Å². The number of nitrogens with two attached hydrogens (primary N) is 1. The average Bonchev–Trinajstić information content (AvgIpc) is 3.44. The van der Waals surface area contributed by atoms with Crippen LogP contribution in [0.15, 0.2) is 52.6 Å². The van der Waals surface area contributed by atoms with Crippen LogP contribution in [0.2, 0.25) is 0 Å². The fraction of sp³-hybridized carbons (Fsp3) is 0.286. The number of para-hydroxylation sites is 2. The Bertz CT molecular complexity index is 1220. The van der Waals surface area contributed by atoms with E-state index in [0.29, 0.717) is 54.6 Å². The molecule has 5 rings (SSSR count). The first kappa shape index (κ1) is 20.9. The molecular weight excluding hydrogens is 438 g/mol. The van der Waals surface area contributed by atoms with E-state index < -0.39 is 12.2 Å². The third-order valence-corrected chi connectivity index (χ3v) is 5.04. The number of nitrogens with zero attached hydrogens (tertiary/aromatic N) is 5. The number of ether oxygens (including phenoxy) is 4. The smallest absolute Gasteiger partial charge is 0.343 e. The Kier molecular flexibility index (Phi) is 5.65. The number of hydrogen-bond donors (Lipinski definition) is 1. The largest absolute Gasteiger partial charge is 0.454 e. The Balaban J connectivity index is 1.57. The van der Waals surface area contributed by atoms with Gasteiger partial charge < -0.3 is 29.6 Å². The molecule has 0 unspecified atom stereocenters. The van der Waals surface area contributed by atoms with Crippen LogP contribution < -0.4 is 19.9 Å². The molecule has 3 aromatic rings. The zero-order chi connectivity index (χ0) is 22.8. The summed E-state index contributed by atoms with van der Waals surface area (Å²) < 4.78 is 50.4. The second-order valence-corrected chi connectivity index (χ2v) is 7.14. The monoisotopic (exact) mass is 458 g/mol. The summed E-state index contributed by atoms with van der Waals surface area (Å²) in [5.74, 6) is 0.958. The van der Waals surface area contributed by atoms with E-state index in [1.807, 2.05) is 0 Å². The van der Waals surface area contributed by atoms with Crippen molar-refractivity contribution in [3.63, 3.8) is 0 Å². The van der Waals surface area contributed by atoms with Crippen LogP contribution in [0.25, 0.3) is 11.0 Å². The van der Waals surface area contributed by atoms with Crippen LogP contribution in [0.3, 0.4) is 0 Å². The first-order valence-corrected chi connectivity index (χ1v) is 10.2. The van der Waals surface area contributed by atoms with E-state index in [0.717, 1.165) is 4.68 Å². The lowest BCUT2D eigenvalue weighted by Crippen LogP contribution is -2.45. The average molecular weight is 458 g/mol. The van der Waals surface area contributed by atoms with Crippen LogP contribution >= 0.6 is 0 Å². The molecule has 10 nitrogen and oxygen atoms in total. The van der Waals surface area contributed by atoms with Crippen molar-refractivity contribution in [2.75, 3.05) is 33.1 Å². The highest BCUT2D eigenvalue weighted by molar-refractivity contribution is 5.92. The number of aromatic nitrogens is 2. The van der Waals surface area contributed by atoms with Crippen molar-refractivity contribution in [2.24, 2.45) is 15.8 Å². The van der Waals surface area contributed by atoms with Crippen molar-refractivity contribution in [2.45, 2.75) is 6.43 Å². The van der Waals surface area contributed by atoms with Gasteiger partial charge in [0.15, 0.2) is 17.3 Å². The first-order chi connectivity index (χ1) is 16.1. The summed E-state index contributed by atoms with van der Waals surface area (Å²) in [7, 11) is 0. The van der Waals surface area contributed by atoms with Gasteiger partial charge in [-0.2, -0.15) is 4.99 Å².